The predicted molar refractivity (Wildman–Crippen MR) is 53.6 cm³/mol. The van der Waals surface area contributed by atoms with Gasteiger partial charge in [0.25, 0.3) is 0 Å². The highest BCUT2D eigenvalue weighted by Crippen LogP contribution is 2.51. The third-order valence-corrected chi connectivity index (χ3v) is 3.73. The van der Waals surface area contributed by atoms with Gasteiger partial charge in [-0.15, -0.1) is 0 Å². The van der Waals surface area contributed by atoms with Crippen molar-refractivity contribution in [3.8, 4) is 0 Å². The molecule has 1 atom stereocenters. The first-order valence-corrected chi connectivity index (χ1v) is 5.27. The minimum atomic E-state index is -0.0470. The fraction of sp³-hybridized carbons (Fsp3) is 0.500. The average molecular weight is 191 g/mol. The van der Waals surface area contributed by atoms with E-state index in [0.717, 1.165) is 31.2 Å². The number of rotatable bonds is 1. The van der Waals surface area contributed by atoms with Gasteiger partial charge in [-0.05, 0) is 42.9 Å². The number of hydrogen-bond acceptors (Lipinski definition) is 1. The molecule has 1 nitrogen and oxygen atoms in total. The molecule has 1 saturated carbocycles. The van der Waals surface area contributed by atoms with Crippen LogP contribution in [-0.2, 0) is 6.42 Å². The molecule has 1 unspecified atom stereocenters. The molecule has 1 aromatic carbocycles. The lowest BCUT2D eigenvalue weighted by atomic mass is 9.92. The van der Waals surface area contributed by atoms with E-state index in [1.807, 2.05) is 6.07 Å². The first-order valence-electron chi connectivity index (χ1n) is 5.27. The summed E-state index contributed by atoms with van der Waals surface area (Å²) in [5, 5.41) is 0. The summed E-state index contributed by atoms with van der Waals surface area (Å²) in [6.07, 6.45) is 4.11. The molecule has 2 aliphatic carbocycles. The lowest BCUT2D eigenvalue weighted by Gasteiger charge is -2.18. The average Bonchev–Trinajstić information content (AvgIpc) is 2.77. The minimum Gasteiger partial charge on any atom is -0.325 e. The van der Waals surface area contributed by atoms with E-state index in [-0.39, 0.29) is 11.4 Å². The molecule has 2 aliphatic rings. The molecular weight excluding hydrogens is 177 g/mol. The molecule has 0 aliphatic heterocycles. The summed E-state index contributed by atoms with van der Waals surface area (Å²) < 4.78 is 13.4. The highest BCUT2D eigenvalue weighted by Gasteiger charge is 2.48. The summed E-state index contributed by atoms with van der Waals surface area (Å²) in [5.74, 6) is 0.363. The van der Waals surface area contributed by atoms with E-state index in [2.05, 4.69) is 0 Å². The normalized spacial score (nSPS) is 27.4. The summed E-state index contributed by atoms with van der Waals surface area (Å²) in [6.45, 7) is 0. The lowest BCUT2D eigenvalue weighted by Crippen LogP contribution is -2.29. The van der Waals surface area contributed by atoms with E-state index in [0.29, 0.717) is 5.92 Å². The van der Waals surface area contributed by atoms with Crippen LogP contribution >= 0.6 is 0 Å². The van der Waals surface area contributed by atoms with Gasteiger partial charge in [0.2, 0.25) is 0 Å². The van der Waals surface area contributed by atoms with Crippen molar-refractivity contribution in [2.24, 2.45) is 5.73 Å². The second kappa shape index (κ2) is 2.57. The van der Waals surface area contributed by atoms with E-state index in [1.54, 1.807) is 12.1 Å². The van der Waals surface area contributed by atoms with E-state index >= 15 is 0 Å². The fourth-order valence-electron chi connectivity index (χ4n) is 2.70. The largest absolute Gasteiger partial charge is 0.325 e. The van der Waals surface area contributed by atoms with Crippen molar-refractivity contribution >= 4 is 0 Å². The quantitative estimate of drug-likeness (QED) is 0.724. The molecular formula is C12H14FN. The van der Waals surface area contributed by atoms with Crippen molar-refractivity contribution in [1.82, 2.24) is 0 Å². The van der Waals surface area contributed by atoms with Crippen molar-refractivity contribution in [3.63, 3.8) is 0 Å². The van der Waals surface area contributed by atoms with Gasteiger partial charge in [-0.25, -0.2) is 4.39 Å². The van der Waals surface area contributed by atoms with Gasteiger partial charge in [0, 0.05) is 11.5 Å². The highest BCUT2D eigenvalue weighted by molar-refractivity contribution is 5.40. The first kappa shape index (κ1) is 8.42. The molecule has 1 aromatic rings. The summed E-state index contributed by atoms with van der Waals surface area (Å²) in [6, 6.07) is 5.40. The van der Waals surface area contributed by atoms with Crippen LogP contribution in [0.1, 0.15) is 36.3 Å². The third kappa shape index (κ3) is 1.04. The standard InChI is InChI=1S/C12H14FN/c13-11-3-1-2-8-9(11)4-5-10(8)12(14)6-7-12/h1-3,10H,4-7,14H2. The molecule has 0 saturated heterocycles. The van der Waals surface area contributed by atoms with Crippen LogP contribution in [0.15, 0.2) is 18.2 Å². The predicted octanol–water partition coefficient (Wildman–Crippen LogP) is 2.35. The zero-order valence-corrected chi connectivity index (χ0v) is 8.09. The maximum Gasteiger partial charge on any atom is 0.126 e. The van der Waals surface area contributed by atoms with E-state index in [1.165, 1.54) is 5.56 Å². The van der Waals surface area contributed by atoms with Crippen LogP contribution < -0.4 is 5.73 Å². The van der Waals surface area contributed by atoms with E-state index < -0.39 is 0 Å². The number of halogens is 1. The topological polar surface area (TPSA) is 26.0 Å². The van der Waals surface area contributed by atoms with Crippen LogP contribution in [0, 0.1) is 5.82 Å². The SMILES string of the molecule is NC1(C2CCc3c(F)cccc32)CC1. The zero-order valence-electron chi connectivity index (χ0n) is 8.09. The molecule has 2 heteroatoms. The molecule has 2 N–H and O–H groups in total. The summed E-state index contributed by atoms with van der Waals surface area (Å²) >= 11 is 0. The number of hydrogen-bond donors (Lipinski definition) is 1. The molecule has 0 amide bonds. The van der Waals surface area contributed by atoms with Gasteiger partial charge < -0.3 is 5.73 Å². The Balaban J connectivity index is 2.06. The van der Waals surface area contributed by atoms with Gasteiger partial charge in [0.05, 0.1) is 0 Å². The summed E-state index contributed by atoms with van der Waals surface area (Å²) in [7, 11) is 0. The highest BCUT2D eigenvalue weighted by atomic mass is 19.1. The molecule has 74 valence electrons. The van der Waals surface area contributed by atoms with Gasteiger partial charge in [0.15, 0.2) is 0 Å². The van der Waals surface area contributed by atoms with Crippen LogP contribution in [-0.4, -0.2) is 5.54 Å². The van der Waals surface area contributed by atoms with Crippen LogP contribution in [0.2, 0.25) is 0 Å². The van der Waals surface area contributed by atoms with E-state index in [4.69, 9.17) is 5.73 Å². The lowest BCUT2D eigenvalue weighted by molar-refractivity contribution is 0.516. The molecule has 0 aromatic heterocycles. The Morgan fingerprint density at radius 3 is 2.86 bits per heavy atom. The molecule has 0 bridgehead atoms. The van der Waals surface area contributed by atoms with Crippen LogP contribution in [0.3, 0.4) is 0 Å². The minimum absolute atomic E-state index is 0.000949. The van der Waals surface area contributed by atoms with Crippen molar-refractivity contribution in [2.45, 2.75) is 37.1 Å². The maximum atomic E-state index is 13.4. The molecule has 3 rings (SSSR count). The second-order valence-electron chi connectivity index (χ2n) is 4.63. The van der Waals surface area contributed by atoms with Crippen LogP contribution in [0.25, 0.3) is 0 Å². The van der Waals surface area contributed by atoms with Crippen molar-refractivity contribution < 1.29 is 4.39 Å². The van der Waals surface area contributed by atoms with Gasteiger partial charge in [0.1, 0.15) is 5.82 Å². The van der Waals surface area contributed by atoms with Crippen LogP contribution in [0.5, 0.6) is 0 Å². The number of nitrogens with two attached hydrogens (primary N) is 1. The maximum absolute atomic E-state index is 13.4. The Morgan fingerprint density at radius 2 is 2.14 bits per heavy atom. The molecule has 0 spiro atoms. The Kier molecular flexibility index (Phi) is 1.55. The van der Waals surface area contributed by atoms with Crippen molar-refractivity contribution in [1.29, 1.82) is 0 Å². The monoisotopic (exact) mass is 191 g/mol. The first-order chi connectivity index (χ1) is 6.71. The van der Waals surface area contributed by atoms with Gasteiger partial charge in [-0.2, -0.15) is 0 Å². The van der Waals surface area contributed by atoms with Crippen LogP contribution in [0.4, 0.5) is 4.39 Å². The Bertz CT molecular complexity index is 382. The van der Waals surface area contributed by atoms with Gasteiger partial charge >= 0.3 is 0 Å². The van der Waals surface area contributed by atoms with Crippen molar-refractivity contribution in [2.75, 3.05) is 0 Å². The van der Waals surface area contributed by atoms with Gasteiger partial charge in [-0.3, -0.25) is 0 Å². The summed E-state index contributed by atoms with van der Waals surface area (Å²) in [5.41, 5.74) is 8.28. The summed E-state index contributed by atoms with van der Waals surface area (Å²) in [4.78, 5) is 0. The Hall–Kier alpha value is -0.890. The van der Waals surface area contributed by atoms with E-state index in [9.17, 15) is 4.39 Å². The van der Waals surface area contributed by atoms with Crippen molar-refractivity contribution in [3.05, 3.63) is 35.1 Å². The zero-order chi connectivity index (χ0) is 9.76. The third-order valence-electron chi connectivity index (χ3n) is 3.73. The van der Waals surface area contributed by atoms with Gasteiger partial charge in [-0.1, -0.05) is 12.1 Å². The number of benzene rings is 1. The molecule has 14 heavy (non-hydrogen) atoms. The Labute approximate surface area is 83.1 Å². The molecule has 0 radical (unpaired) electrons. The molecule has 1 fully saturated rings. The second-order valence-corrected chi connectivity index (χ2v) is 4.63. The smallest absolute Gasteiger partial charge is 0.126 e. The number of fused-ring (bicyclic) bond motifs is 1. The fourth-order valence-corrected chi connectivity index (χ4v) is 2.70. The molecule has 0 heterocycles. The Morgan fingerprint density at radius 1 is 1.36 bits per heavy atom.